The Balaban J connectivity index is 0.00000208. The number of likely N-dealkylation sites (N-methyl/N-ethyl adjacent to an activating group) is 1. The predicted octanol–water partition coefficient (Wildman–Crippen LogP) is 0.999. The van der Waals surface area contributed by atoms with Crippen molar-refractivity contribution in [2.24, 2.45) is 0 Å². The minimum atomic E-state index is 0. The molecule has 23 heavy (non-hydrogen) atoms. The van der Waals surface area contributed by atoms with Gasteiger partial charge in [0, 0.05) is 33.3 Å². The van der Waals surface area contributed by atoms with Gasteiger partial charge < -0.3 is 15.5 Å². The molecule has 3 heterocycles. The molecule has 7 heteroatoms. The Morgan fingerprint density at radius 2 is 2.17 bits per heavy atom. The molecule has 1 saturated heterocycles. The first-order valence-corrected chi connectivity index (χ1v) is 7.31. The first-order chi connectivity index (χ1) is 11.1. The second-order valence-corrected chi connectivity index (χ2v) is 5.46. The third-order valence-corrected chi connectivity index (χ3v) is 3.89. The van der Waals surface area contributed by atoms with Crippen LogP contribution in [-0.4, -0.2) is 53.2 Å². The van der Waals surface area contributed by atoms with Gasteiger partial charge in [0.25, 0.3) is 0 Å². The molecule has 7 nitrogen and oxygen atoms in total. The summed E-state index contributed by atoms with van der Waals surface area (Å²) in [6.07, 6.45) is 3.17. The van der Waals surface area contributed by atoms with E-state index in [1.807, 2.05) is 11.0 Å². The highest BCUT2D eigenvalue weighted by atomic mass is 16.2. The molecule has 3 N–H and O–H groups in total. The van der Waals surface area contributed by atoms with E-state index in [1.54, 1.807) is 36.3 Å². The highest BCUT2D eigenvalue weighted by Gasteiger charge is 2.23. The maximum atomic E-state index is 11.9. The Bertz CT molecular complexity index is 751. The summed E-state index contributed by atoms with van der Waals surface area (Å²) in [7, 11) is 1.79. The summed E-state index contributed by atoms with van der Waals surface area (Å²) in [6, 6.07) is 7.15. The van der Waals surface area contributed by atoms with Crippen LogP contribution in [0.5, 0.6) is 0 Å². The summed E-state index contributed by atoms with van der Waals surface area (Å²) >= 11 is 0. The Labute approximate surface area is 135 Å². The molecule has 3 rings (SSSR count). The average molecular weight is 312 g/mol. The number of amides is 1. The molecule has 120 valence electrons. The molecule has 0 spiro atoms. The Morgan fingerprint density at radius 3 is 2.87 bits per heavy atom. The SMILES string of the molecule is CN1CCN(c2cc(C(=N)c3ccccn3)c(N)cn2)CC1=O.[HH]. The highest BCUT2D eigenvalue weighted by molar-refractivity contribution is 6.13. The van der Waals surface area contributed by atoms with Gasteiger partial charge in [-0.25, -0.2) is 4.98 Å². The topological polar surface area (TPSA) is 99.2 Å². The van der Waals surface area contributed by atoms with Crippen LogP contribution in [0.3, 0.4) is 0 Å². The van der Waals surface area contributed by atoms with Crippen molar-refractivity contribution in [2.75, 3.05) is 37.3 Å². The molecular formula is C16H20N6O. The molecule has 0 saturated carbocycles. The van der Waals surface area contributed by atoms with Gasteiger partial charge in [0.05, 0.1) is 29.8 Å². The molecule has 1 fully saturated rings. The van der Waals surface area contributed by atoms with Crippen molar-refractivity contribution in [3.8, 4) is 0 Å². The molecule has 1 amide bonds. The number of rotatable bonds is 3. The van der Waals surface area contributed by atoms with E-state index >= 15 is 0 Å². The fraction of sp³-hybridized carbons (Fsp3) is 0.250. The van der Waals surface area contributed by atoms with Crippen molar-refractivity contribution in [2.45, 2.75) is 0 Å². The first kappa shape index (κ1) is 15.0. The summed E-state index contributed by atoms with van der Waals surface area (Å²) in [5, 5.41) is 8.33. The van der Waals surface area contributed by atoms with Gasteiger partial charge in [-0.1, -0.05) is 6.07 Å². The lowest BCUT2D eigenvalue weighted by molar-refractivity contribution is -0.129. The van der Waals surface area contributed by atoms with Crippen LogP contribution in [0.1, 0.15) is 12.7 Å². The zero-order valence-electron chi connectivity index (χ0n) is 12.9. The van der Waals surface area contributed by atoms with Crippen LogP contribution in [-0.2, 0) is 4.79 Å². The zero-order valence-corrected chi connectivity index (χ0v) is 12.9. The fourth-order valence-electron chi connectivity index (χ4n) is 2.45. The number of nitrogen functional groups attached to an aromatic ring is 1. The van der Waals surface area contributed by atoms with Gasteiger partial charge in [0.1, 0.15) is 5.82 Å². The van der Waals surface area contributed by atoms with Gasteiger partial charge in [-0.2, -0.15) is 0 Å². The lowest BCUT2D eigenvalue weighted by Gasteiger charge is -2.33. The molecule has 1 aliphatic rings. The minimum Gasteiger partial charge on any atom is -0.397 e. The van der Waals surface area contributed by atoms with E-state index in [4.69, 9.17) is 11.1 Å². The van der Waals surface area contributed by atoms with E-state index in [2.05, 4.69) is 9.97 Å². The monoisotopic (exact) mass is 312 g/mol. The van der Waals surface area contributed by atoms with Crippen LogP contribution in [0.25, 0.3) is 0 Å². The number of anilines is 2. The van der Waals surface area contributed by atoms with Gasteiger partial charge in [0.15, 0.2) is 0 Å². The normalized spacial score (nSPS) is 14.9. The van der Waals surface area contributed by atoms with E-state index in [-0.39, 0.29) is 19.6 Å². The van der Waals surface area contributed by atoms with Gasteiger partial charge >= 0.3 is 0 Å². The summed E-state index contributed by atoms with van der Waals surface area (Å²) in [4.78, 5) is 24.0. The van der Waals surface area contributed by atoms with E-state index in [9.17, 15) is 4.79 Å². The van der Waals surface area contributed by atoms with E-state index in [1.165, 1.54) is 6.20 Å². The maximum Gasteiger partial charge on any atom is 0.241 e. The number of carbonyl (C=O) groups excluding carboxylic acids is 1. The fourth-order valence-corrected chi connectivity index (χ4v) is 2.45. The number of hydrogen-bond acceptors (Lipinski definition) is 6. The summed E-state index contributed by atoms with van der Waals surface area (Å²) < 4.78 is 0. The van der Waals surface area contributed by atoms with E-state index in [0.717, 1.165) is 0 Å². The van der Waals surface area contributed by atoms with Crippen molar-refractivity contribution in [1.82, 2.24) is 14.9 Å². The number of nitrogens with zero attached hydrogens (tertiary/aromatic N) is 4. The molecule has 0 unspecified atom stereocenters. The first-order valence-electron chi connectivity index (χ1n) is 7.31. The minimum absolute atomic E-state index is 0. The predicted molar refractivity (Wildman–Crippen MR) is 90.8 cm³/mol. The largest absolute Gasteiger partial charge is 0.397 e. The summed E-state index contributed by atoms with van der Waals surface area (Å²) in [5.41, 5.74) is 7.76. The summed E-state index contributed by atoms with van der Waals surface area (Å²) in [5.74, 6) is 0.701. The van der Waals surface area contributed by atoms with Crippen molar-refractivity contribution >= 4 is 23.1 Å². The van der Waals surface area contributed by atoms with Crippen LogP contribution in [0.15, 0.2) is 36.7 Å². The number of carbonyl (C=O) groups is 1. The Hall–Kier alpha value is -2.96. The molecule has 0 aliphatic carbocycles. The quantitative estimate of drug-likeness (QED) is 0.824. The molecule has 1 aliphatic heterocycles. The van der Waals surface area contributed by atoms with Crippen LogP contribution >= 0.6 is 0 Å². The molecule has 0 radical (unpaired) electrons. The van der Waals surface area contributed by atoms with Crippen LogP contribution < -0.4 is 10.6 Å². The number of pyridine rings is 2. The standard InChI is InChI=1S/C16H18N6O.H2/c1-21-6-7-22(10-15(21)23)14-8-11(12(17)9-20-14)16(18)13-4-2-3-5-19-13;/h2-5,8-9,18H,6-7,10,17H2,1H3;1H. The highest BCUT2D eigenvalue weighted by Crippen LogP contribution is 2.21. The lowest BCUT2D eigenvalue weighted by Crippen LogP contribution is -2.48. The van der Waals surface area contributed by atoms with Crippen LogP contribution in [0.2, 0.25) is 0 Å². The molecule has 0 bridgehead atoms. The smallest absolute Gasteiger partial charge is 0.241 e. The van der Waals surface area contributed by atoms with E-state index < -0.39 is 0 Å². The second-order valence-electron chi connectivity index (χ2n) is 5.46. The summed E-state index contributed by atoms with van der Waals surface area (Å²) in [6.45, 7) is 1.64. The van der Waals surface area contributed by atoms with Gasteiger partial charge in [-0.15, -0.1) is 0 Å². The van der Waals surface area contributed by atoms with Crippen molar-refractivity contribution < 1.29 is 6.22 Å². The second kappa shape index (κ2) is 6.04. The lowest BCUT2D eigenvalue weighted by atomic mass is 10.1. The zero-order chi connectivity index (χ0) is 16.4. The molecular weight excluding hydrogens is 292 g/mol. The Morgan fingerprint density at radius 1 is 1.35 bits per heavy atom. The van der Waals surface area contributed by atoms with Gasteiger partial charge in [-0.05, 0) is 18.2 Å². The number of hydrogen-bond donors (Lipinski definition) is 2. The van der Waals surface area contributed by atoms with Gasteiger partial charge in [-0.3, -0.25) is 15.2 Å². The molecule has 2 aromatic heterocycles. The van der Waals surface area contributed by atoms with Crippen LogP contribution in [0, 0.1) is 5.41 Å². The Kier molecular flexibility index (Phi) is 3.92. The molecule has 2 aromatic rings. The molecule has 0 atom stereocenters. The van der Waals surface area contributed by atoms with Crippen LogP contribution in [0.4, 0.5) is 11.5 Å². The van der Waals surface area contributed by atoms with Crippen molar-refractivity contribution in [3.63, 3.8) is 0 Å². The number of nitrogens with one attached hydrogen (secondary N) is 1. The third-order valence-electron chi connectivity index (χ3n) is 3.89. The van der Waals surface area contributed by atoms with Gasteiger partial charge in [0.2, 0.25) is 5.91 Å². The van der Waals surface area contributed by atoms with E-state index in [0.29, 0.717) is 35.9 Å². The molecule has 0 aromatic carbocycles. The number of aromatic nitrogens is 2. The van der Waals surface area contributed by atoms with Crippen molar-refractivity contribution in [1.29, 1.82) is 5.41 Å². The number of nitrogens with two attached hydrogens (primary N) is 1. The third kappa shape index (κ3) is 2.98. The average Bonchev–Trinajstić information content (AvgIpc) is 2.58. The van der Waals surface area contributed by atoms with Crippen molar-refractivity contribution in [3.05, 3.63) is 47.9 Å². The number of piperazine rings is 1. The maximum absolute atomic E-state index is 11.9.